The van der Waals surface area contributed by atoms with Crippen LogP contribution in [0.15, 0.2) is 28.6 Å². The number of ketones is 1. The zero-order valence-corrected chi connectivity index (χ0v) is 10.8. The summed E-state index contributed by atoms with van der Waals surface area (Å²) in [6.07, 6.45) is 4.61. The molecule has 0 saturated carbocycles. The highest BCUT2D eigenvalue weighted by molar-refractivity contribution is 7.94. The molecule has 0 bridgehead atoms. The number of nitrogens with two attached hydrogens (primary N) is 1. The fraction of sp³-hybridized carbons (Fsp3) is 0.455. The van der Waals surface area contributed by atoms with Crippen molar-refractivity contribution >= 4 is 23.5 Å². The number of nitrogens with zero attached hydrogens (tertiary/aromatic N) is 1. The summed E-state index contributed by atoms with van der Waals surface area (Å²) in [5.74, 6) is 0.420. The Balaban J connectivity index is 2.82. The first-order valence-electron chi connectivity index (χ1n) is 5.35. The molecule has 0 aromatic rings. The van der Waals surface area contributed by atoms with Crippen molar-refractivity contribution in [3.05, 3.63) is 23.6 Å². The van der Waals surface area contributed by atoms with Crippen LogP contribution in [-0.2, 0) is 14.0 Å². The number of hydrogen-bond donors (Lipinski definition) is 1. The van der Waals surface area contributed by atoms with Gasteiger partial charge in [0.05, 0.1) is 5.71 Å². The van der Waals surface area contributed by atoms with Crippen LogP contribution in [-0.4, -0.2) is 23.8 Å². The number of carbonyl (C=O) groups excluding carboxylic acids is 1. The predicted octanol–water partition coefficient (Wildman–Crippen LogP) is 1.76. The molecule has 0 amide bonds. The van der Waals surface area contributed by atoms with Crippen LogP contribution in [0.2, 0.25) is 0 Å². The number of dihydropyridines is 1. The van der Waals surface area contributed by atoms with Gasteiger partial charge in [-0.05, 0) is 12.5 Å². The molecule has 0 atom stereocenters. The van der Waals surface area contributed by atoms with Crippen molar-refractivity contribution in [2.45, 2.75) is 20.3 Å². The third-order valence-corrected chi connectivity index (χ3v) is 2.38. The summed E-state index contributed by atoms with van der Waals surface area (Å²) in [5.41, 5.74) is 6.61. The third-order valence-electron chi connectivity index (χ3n) is 1.98. The van der Waals surface area contributed by atoms with Crippen molar-refractivity contribution in [3.63, 3.8) is 0 Å². The first-order valence-corrected chi connectivity index (χ1v) is 6.26. The Morgan fingerprint density at radius 3 is 2.94 bits per heavy atom. The minimum Gasteiger partial charge on any atom is -0.394 e. The quantitative estimate of drug-likeness (QED) is 0.196. The van der Waals surface area contributed by atoms with Gasteiger partial charge >= 0.3 is 0 Å². The topological polar surface area (TPSA) is 73.9 Å². The first-order chi connectivity index (χ1) is 8.16. The van der Waals surface area contributed by atoms with E-state index >= 15 is 0 Å². The average molecular weight is 256 g/mol. The molecular weight excluding hydrogens is 240 g/mol. The molecule has 17 heavy (non-hydrogen) atoms. The summed E-state index contributed by atoms with van der Waals surface area (Å²) >= 11 is 1.10. The van der Waals surface area contributed by atoms with Crippen molar-refractivity contribution in [2.75, 3.05) is 12.3 Å². The summed E-state index contributed by atoms with van der Waals surface area (Å²) in [5, 5.41) is 0. The molecular formula is C11H16N2O3S. The summed E-state index contributed by atoms with van der Waals surface area (Å²) in [7, 11) is 0. The Morgan fingerprint density at radius 2 is 2.41 bits per heavy atom. The van der Waals surface area contributed by atoms with E-state index in [0.29, 0.717) is 18.0 Å². The van der Waals surface area contributed by atoms with Crippen LogP contribution in [0.25, 0.3) is 0 Å². The monoisotopic (exact) mass is 256 g/mol. The van der Waals surface area contributed by atoms with E-state index in [1.165, 1.54) is 6.92 Å². The van der Waals surface area contributed by atoms with E-state index in [2.05, 4.69) is 4.99 Å². The lowest BCUT2D eigenvalue weighted by Gasteiger charge is -2.10. The van der Waals surface area contributed by atoms with Crippen molar-refractivity contribution < 1.29 is 14.0 Å². The van der Waals surface area contributed by atoms with Gasteiger partial charge in [-0.2, -0.15) is 0 Å². The Bertz CT molecular complexity index is 375. The lowest BCUT2D eigenvalue weighted by molar-refractivity contribution is -0.160. The zero-order valence-electron chi connectivity index (χ0n) is 9.93. The minimum absolute atomic E-state index is 0.00347. The molecule has 1 aliphatic heterocycles. The van der Waals surface area contributed by atoms with Gasteiger partial charge < -0.3 is 10.6 Å². The molecule has 0 radical (unpaired) electrons. The number of rotatable bonds is 6. The molecule has 0 unspecified atom stereocenters. The molecule has 0 aliphatic carbocycles. The Hall–Kier alpha value is -1.27. The van der Waals surface area contributed by atoms with Crippen LogP contribution < -0.4 is 5.73 Å². The highest BCUT2D eigenvalue weighted by atomic mass is 32.2. The molecule has 0 saturated heterocycles. The second kappa shape index (κ2) is 7.13. The van der Waals surface area contributed by atoms with Crippen LogP contribution in [0.5, 0.6) is 0 Å². The molecule has 0 fully saturated rings. The van der Waals surface area contributed by atoms with E-state index in [1.54, 1.807) is 6.08 Å². The van der Waals surface area contributed by atoms with Crippen molar-refractivity contribution in [3.8, 4) is 0 Å². The molecule has 0 spiro atoms. The molecule has 5 nitrogen and oxygen atoms in total. The van der Waals surface area contributed by atoms with Crippen LogP contribution in [0.3, 0.4) is 0 Å². The van der Waals surface area contributed by atoms with Crippen molar-refractivity contribution in [2.24, 2.45) is 10.7 Å². The standard InChI is InChI=1S/C11H16N2O3S/c1-3-17-16-15-11(8(2)14)10(12)9-6-4-5-7-13-9/h4,6H,3,5,7,12H2,1-2H3/b11-10-. The Kier molecular flexibility index (Phi) is 5.79. The van der Waals surface area contributed by atoms with Gasteiger partial charge in [-0.15, -0.1) is 4.33 Å². The number of allylic oxidation sites excluding steroid dienone is 2. The predicted molar refractivity (Wildman–Crippen MR) is 68.3 cm³/mol. The Morgan fingerprint density at radius 1 is 1.65 bits per heavy atom. The highest BCUT2D eigenvalue weighted by Crippen LogP contribution is 2.13. The Labute approximate surface area is 105 Å². The minimum atomic E-state index is -0.291. The van der Waals surface area contributed by atoms with Crippen molar-refractivity contribution in [1.82, 2.24) is 0 Å². The van der Waals surface area contributed by atoms with Gasteiger partial charge in [0.15, 0.2) is 0 Å². The fourth-order valence-electron chi connectivity index (χ4n) is 1.20. The smallest absolute Gasteiger partial charge is 0.234 e. The molecule has 1 aliphatic rings. The average Bonchev–Trinajstić information content (AvgIpc) is 2.34. The fourth-order valence-corrected chi connectivity index (χ4v) is 1.41. The summed E-state index contributed by atoms with van der Waals surface area (Å²) in [4.78, 5) is 20.5. The lowest BCUT2D eigenvalue weighted by Crippen LogP contribution is -2.19. The van der Waals surface area contributed by atoms with Crippen molar-refractivity contribution in [1.29, 1.82) is 0 Å². The van der Waals surface area contributed by atoms with Gasteiger partial charge in [-0.3, -0.25) is 9.79 Å². The summed E-state index contributed by atoms with van der Waals surface area (Å²) in [6, 6.07) is 0. The maximum atomic E-state index is 11.4. The zero-order chi connectivity index (χ0) is 12.7. The number of carbonyl (C=O) groups is 1. The number of Topliss-reactive ketones (excluding diaryl/α,β-unsaturated/α-hetero) is 1. The van der Waals surface area contributed by atoms with E-state index in [9.17, 15) is 4.79 Å². The molecule has 6 heteroatoms. The van der Waals surface area contributed by atoms with Gasteiger partial charge in [-0.25, -0.2) is 0 Å². The van der Waals surface area contributed by atoms with Gasteiger partial charge in [0.2, 0.25) is 11.5 Å². The van der Waals surface area contributed by atoms with E-state index < -0.39 is 0 Å². The van der Waals surface area contributed by atoms with E-state index in [-0.39, 0.29) is 17.2 Å². The summed E-state index contributed by atoms with van der Waals surface area (Å²) in [6.45, 7) is 3.94. The second-order valence-corrected chi connectivity index (χ2v) is 4.26. The number of hydrogen-bond acceptors (Lipinski definition) is 6. The van der Waals surface area contributed by atoms with E-state index in [1.807, 2.05) is 13.0 Å². The van der Waals surface area contributed by atoms with Gasteiger partial charge in [0.1, 0.15) is 5.70 Å². The molecule has 0 aromatic carbocycles. The lowest BCUT2D eigenvalue weighted by atomic mass is 10.1. The molecule has 0 aromatic heterocycles. The first kappa shape index (κ1) is 13.8. The van der Waals surface area contributed by atoms with Crippen LogP contribution in [0.1, 0.15) is 20.3 Å². The third kappa shape index (κ3) is 4.24. The maximum Gasteiger partial charge on any atom is 0.234 e. The van der Waals surface area contributed by atoms with Crippen LogP contribution >= 0.6 is 12.0 Å². The molecule has 1 heterocycles. The number of aliphatic imine (C=N–C) groups is 1. The second-order valence-electron chi connectivity index (χ2n) is 3.31. The SMILES string of the molecule is CCSOO/C(C(C)=O)=C(\N)C1=NCCC=C1. The van der Waals surface area contributed by atoms with E-state index in [4.69, 9.17) is 15.0 Å². The molecule has 94 valence electrons. The maximum absolute atomic E-state index is 11.4. The molecule has 1 rings (SSSR count). The van der Waals surface area contributed by atoms with Crippen LogP contribution in [0, 0.1) is 0 Å². The van der Waals surface area contributed by atoms with E-state index in [0.717, 1.165) is 18.5 Å². The summed E-state index contributed by atoms with van der Waals surface area (Å²) < 4.78 is 4.80. The largest absolute Gasteiger partial charge is 0.394 e. The van der Waals surface area contributed by atoms with Crippen LogP contribution in [0.4, 0.5) is 0 Å². The van der Waals surface area contributed by atoms with Gasteiger partial charge in [0.25, 0.3) is 0 Å². The normalized spacial score (nSPS) is 16.2. The van der Waals surface area contributed by atoms with Gasteiger partial charge in [0, 0.05) is 31.3 Å². The molecule has 2 N–H and O–H groups in total. The van der Waals surface area contributed by atoms with Gasteiger partial charge in [-0.1, -0.05) is 13.0 Å². The highest BCUT2D eigenvalue weighted by Gasteiger charge is 2.16.